The molecule has 0 saturated heterocycles. The van der Waals surface area contributed by atoms with Crippen molar-refractivity contribution in [2.75, 3.05) is 0 Å². The van der Waals surface area contributed by atoms with Gasteiger partial charge in [-0.1, -0.05) is 19.1 Å². The van der Waals surface area contributed by atoms with E-state index >= 15 is 0 Å². The van der Waals surface area contributed by atoms with Crippen LogP contribution in [0.15, 0.2) is 37.8 Å². The normalized spacial score (nSPS) is 28.6. The van der Waals surface area contributed by atoms with Gasteiger partial charge in [-0.3, -0.25) is 0 Å². The fraction of sp³-hybridized carbons (Fsp3) is 0.500. The molecule has 0 aromatic carbocycles. The molecule has 0 aromatic rings. The molecule has 1 aliphatic carbocycles. The number of rotatable bonds is 4. The van der Waals surface area contributed by atoms with Crippen molar-refractivity contribution in [3.63, 3.8) is 0 Å². The number of allylic oxidation sites excluding steroid dienone is 2. The van der Waals surface area contributed by atoms with Crippen LogP contribution in [0.4, 0.5) is 0 Å². The summed E-state index contributed by atoms with van der Waals surface area (Å²) in [7, 11) is 0. The summed E-state index contributed by atoms with van der Waals surface area (Å²) in [4.78, 5) is 0. The first-order valence-corrected chi connectivity index (χ1v) is 4.92. The Bertz CT molecular complexity index is 193. The summed E-state index contributed by atoms with van der Waals surface area (Å²) < 4.78 is 4.96. The lowest BCUT2D eigenvalue weighted by atomic mass is 9.81. The summed E-state index contributed by atoms with van der Waals surface area (Å²) in [5, 5.41) is 0. The molecule has 1 heteroatoms. The van der Waals surface area contributed by atoms with Gasteiger partial charge in [-0.25, -0.2) is 0 Å². The largest absolute Gasteiger partial charge is 0.474 e. The molecule has 1 nitrogen and oxygen atoms in total. The molecular formula is C12H18O. The average molecular weight is 178 g/mol. The zero-order valence-corrected chi connectivity index (χ0v) is 8.11. The molecule has 0 aromatic heterocycles. The smallest absolute Gasteiger partial charge is 0.0864 e. The molecule has 1 rings (SSSR count). The van der Waals surface area contributed by atoms with Crippen molar-refractivity contribution >= 4 is 0 Å². The van der Waals surface area contributed by atoms with Gasteiger partial charge in [-0.15, -0.1) is 6.58 Å². The monoisotopic (exact) mass is 178 g/mol. The fourth-order valence-electron chi connectivity index (χ4n) is 1.87. The van der Waals surface area contributed by atoms with Gasteiger partial charge >= 0.3 is 0 Å². The summed E-state index contributed by atoms with van der Waals surface area (Å²) >= 11 is 0. The summed E-state index contributed by atoms with van der Waals surface area (Å²) in [5.74, 6) is 1.36. The maximum absolute atomic E-state index is 4.96. The molecule has 2 atom stereocenters. The first-order chi connectivity index (χ1) is 6.36. The van der Waals surface area contributed by atoms with Crippen LogP contribution in [0.2, 0.25) is 0 Å². The van der Waals surface area contributed by atoms with Crippen molar-refractivity contribution in [3.05, 3.63) is 37.8 Å². The van der Waals surface area contributed by atoms with Gasteiger partial charge in [-0.2, -0.15) is 0 Å². The van der Waals surface area contributed by atoms with E-state index < -0.39 is 0 Å². The molecule has 0 bridgehead atoms. The molecule has 13 heavy (non-hydrogen) atoms. The highest BCUT2D eigenvalue weighted by atomic mass is 16.5. The van der Waals surface area contributed by atoms with Gasteiger partial charge in [-0.05, 0) is 37.2 Å². The number of hydrogen-bond acceptors (Lipinski definition) is 1. The highest BCUT2D eigenvalue weighted by Crippen LogP contribution is 2.30. The summed E-state index contributed by atoms with van der Waals surface area (Å²) in [6, 6.07) is 0. The Kier molecular flexibility index (Phi) is 4.37. The van der Waals surface area contributed by atoms with E-state index in [-0.39, 0.29) is 0 Å². The predicted molar refractivity (Wildman–Crippen MR) is 56.1 cm³/mol. The lowest BCUT2D eigenvalue weighted by Crippen LogP contribution is -2.11. The average Bonchev–Trinajstić information content (AvgIpc) is 2.19. The van der Waals surface area contributed by atoms with Crippen molar-refractivity contribution in [3.8, 4) is 0 Å². The van der Waals surface area contributed by atoms with E-state index in [4.69, 9.17) is 4.74 Å². The van der Waals surface area contributed by atoms with Crippen molar-refractivity contribution < 1.29 is 4.74 Å². The van der Waals surface area contributed by atoms with Crippen LogP contribution in [0, 0.1) is 11.8 Å². The number of ether oxygens (including phenoxy) is 1. The summed E-state index contributed by atoms with van der Waals surface area (Å²) in [6.45, 7) is 7.33. The van der Waals surface area contributed by atoms with Crippen LogP contribution in [0.25, 0.3) is 0 Å². The van der Waals surface area contributed by atoms with E-state index in [0.29, 0.717) is 11.8 Å². The summed E-state index contributed by atoms with van der Waals surface area (Å²) in [5.41, 5.74) is 0. The SMILES string of the molecule is C=COC=CC1CCCC(C=C)C1. The van der Waals surface area contributed by atoms with E-state index in [2.05, 4.69) is 25.3 Å². The van der Waals surface area contributed by atoms with Gasteiger partial charge in [0.2, 0.25) is 0 Å². The van der Waals surface area contributed by atoms with Crippen molar-refractivity contribution in [1.82, 2.24) is 0 Å². The third-order valence-electron chi connectivity index (χ3n) is 2.61. The second-order valence-corrected chi connectivity index (χ2v) is 3.55. The Hall–Kier alpha value is -0.980. The summed E-state index contributed by atoms with van der Waals surface area (Å²) in [6.07, 6.45) is 12.5. The lowest BCUT2D eigenvalue weighted by molar-refractivity contribution is 0.339. The van der Waals surface area contributed by atoms with Crippen LogP contribution in [-0.4, -0.2) is 0 Å². The second-order valence-electron chi connectivity index (χ2n) is 3.55. The van der Waals surface area contributed by atoms with Crippen LogP contribution >= 0.6 is 0 Å². The third-order valence-corrected chi connectivity index (χ3v) is 2.61. The standard InChI is InChI=1S/C12H18O/c1-3-11-6-5-7-12(10-11)8-9-13-4-2/h3-4,8-9,11-12H,1-2,5-7,10H2. The Morgan fingerprint density at radius 3 is 2.62 bits per heavy atom. The van der Waals surface area contributed by atoms with Crippen molar-refractivity contribution in [2.45, 2.75) is 25.7 Å². The molecule has 0 N–H and O–H groups in total. The molecule has 72 valence electrons. The van der Waals surface area contributed by atoms with Gasteiger partial charge in [0.25, 0.3) is 0 Å². The van der Waals surface area contributed by atoms with E-state index in [9.17, 15) is 0 Å². The minimum atomic E-state index is 0.664. The van der Waals surface area contributed by atoms with Crippen molar-refractivity contribution in [2.24, 2.45) is 11.8 Å². The molecule has 0 heterocycles. The molecular weight excluding hydrogens is 160 g/mol. The Balaban J connectivity index is 2.33. The van der Waals surface area contributed by atoms with Crippen LogP contribution in [-0.2, 0) is 4.74 Å². The fourth-order valence-corrected chi connectivity index (χ4v) is 1.87. The van der Waals surface area contributed by atoms with Crippen LogP contribution in [0.3, 0.4) is 0 Å². The van der Waals surface area contributed by atoms with Gasteiger partial charge < -0.3 is 4.74 Å². The zero-order valence-electron chi connectivity index (χ0n) is 8.11. The van der Waals surface area contributed by atoms with E-state index in [0.717, 1.165) is 0 Å². The minimum absolute atomic E-state index is 0.664. The van der Waals surface area contributed by atoms with E-state index in [1.54, 1.807) is 6.26 Å². The molecule has 1 fully saturated rings. The molecule has 0 radical (unpaired) electrons. The van der Waals surface area contributed by atoms with Gasteiger partial charge in [0.15, 0.2) is 0 Å². The lowest BCUT2D eigenvalue weighted by Gasteiger charge is -2.24. The van der Waals surface area contributed by atoms with Crippen LogP contribution in [0.1, 0.15) is 25.7 Å². The van der Waals surface area contributed by atoms with Crippen LogP contribution < -0.4 is 0 Å². The van der Waals surface area contributed by atoms with E-state index in [1.807, 2.05) is 0 Å². The van der Waals surface area contributed by atoms with E-state index in [1.165, 1.54) is 31.9 Å². The quantitative estimate of drug-likeness (QED) is 0.471. The molecule has 0 spiro atoms. The Morgan fingerprint density at radius 1 is 1.15 bits per heavy atom. The maximum atomic E-state index is 4.96. The molecule has 1 aliphatic rings. The second kappa shape index (κ2) is 5.63. The van der Waals surface area contributed by atoms with Gasteiger partial charge in [0.1, 0.15) is 0 Å². The number of hydrogen-bond donors (Lipinski definition) is 0. The van der Waals surface area contributed by atoms with Gasteiger partial charge in [0.05, 0.1) is 12.5 Å². The predicted octanol–water partition coefficient (Wildman–Crippen LogP) is 3.65. The maximum Gasteiger partial charge on any atom is 0.0864 e. The Morgan fingerprint density at radius 2 is 1.92 bits per heavy atom. The van der Waals surface area contributed by atoms with Gasteiger partial charge in [0, 0.05) is 0 Å². The van der Waals surface area contributed by atoms with Crippen molar-refractivity contribution in [1.29, 1.82) is 0 Å². The zero-order chi connectivity index (χ0) is 9.52. The minimum Gasteiger partial charge on any atom is -0.474 e. The van der Waals surface area contributed by atoms with Crippen LogP contribution in [0.5, 0.6) is 0 Å². The third kappa shape index (κ3) is 3.49. The first-order valence-electron chi connectivity index (χ1n) is 4.92. The Labute approximate surface area is 80.8 Å². The first kappa shape index (κ1) is 10.1. The molecule has 0 aliphatic heterocycles. The molecule has 1 saturated carbocycles. The molecule has 0 amide bonds. The molecule has 2 unspecified atom stereocenters. The highest BCUT2D eigenvalue weighted by Gasteiger charge is 2.17. The highest BCUT2D eigenvalue weighted by molar-refractivity contribution is 4.92. The topological polar surface area (TPSA) is 9.23 Å².